The number of nitrogens with zero attached hydrogens (tertiary/aromatic N) is 4. The van der Waals surface area contributed by atoms with E-state index in [0.717, 1.165) is 15.9 Å². The van der Waals surface area contributed by atoms with Gasteiger partial charge < -0.3 is 0 Å². The summed E-state index contributed by atoms with van der Waals surface area (Å²) in [5.41, 5.74) is 4.92. The third-order valence-electron chi connectivity index (χ3n) is 3.98. The molecule has 7 heteroatoms. The standard InChI is InChI=1S/C16H13FN4OS/c1-10-6-15(17)18-8-13(10)21-5-4-20(16(21)22)11-2-3-12-14(7-11)23-9-19-12/h2-3,6-9H,4-5H2,1H3. The molecule has 116 valence electrons. The van der Waals surface area contributed by atoms with Crippen LogP contribution in [-0.2, 0) is 0 Å². The van der Waals surface area contributed by atoms with Crippen molar-refractivity contribution in [2.45, 2.75) is 6.92 Å². The summed E-state index contributed by atoms with van der Waals surface area (Å²) in [5.74, 6) is -0.537. The van der Waals surface area contributed by atoms with Crippen LogP contribution >= 0.6 is 11.3 Å². The van der Waals surface area contributed by atoms with Gasteiger partial charge in [-0.2, -0.15) is 4.39 Å². The van der Waals surface area contributed by atoms with Crippen molar-refractivity contribution in [2.75, 3.05) is 22.9 Å². The van der Waals surface area contributed by atoms with E-state index in [1.807, 2.05) is 18.2 Å². The Balaban J connectivity index is 1.66. The van der Waals surface area contributed by atoms with E-state index < -0.39 is 5.95 Å². The molecule has 1 aliphatic rings. The highest BCUT2D eigenvalue weighted by atomic mass is 32.1. The third-order valence-corrected chi connectivity index (χ3v) is 4.77. The highest BCUT2D eigenvalue weighted by molar-refractivity contribution is 7.16. The number of hydrogen-bond acceptors (Lipinski definition) is 4. The molecule has 0 spiro atoms. The monoisotopic (exact) mass is 328 g/mol. The first-order valence-electron chi connectivity index (χ1n) is 7.18. The normalized spacial score (nSPS) is 15.0. The van der Waals surface area contributed by atoms with Crippen LogP contribution < -0.4 is 9.80 Å². The fraction of sp³-hybridized carbons (Fsp3) is 0.188. The van der Waals surface area contributed by atoms with Crippen molar-refractivity contribution in [3.05, 3.63) is 47.5 Å². The van der Waals surface area contributed by atoms with Gasteiger partial charge >= 0.3 is 6.03 Å². The molecule has 1 aliphatic heterocycles. The maximum absolute atomic E-state index is 13.2. The number of aryl methyl sites for hydroxylation is 1. The number of carbonyl (C=O) groups is 1. The molecule has 2 aromatic heterocycles. The van der Waals surface area contributed by atoms with Crippen molar-refractivity contribution in [1.82, 2.24) is 9.97 Å². The maximum Gasteiger partial charge on any atom is 0.329 e. The van der Waals surface area contributed by atoms with Crippen LogP contribution in [-0.4, -0.2) is 29.1 Å². The summed E-state index contributed by atoms with van der Waals surface area (Å²) in [5, 5.41) is 0. The van der Waals surface area contributed by atoms with E-state index in [2.05, 4.69) is 9.97 Å². The fourth-order valence-corrected chi connectivity index (χ4v) is 3.52. The Labute approximate surface area is 136 Å². The van der Waals surface area contributed by atoms with E-state index in [1.54, 1.807) is 33.6 Å². The zero-order chi connectivity index (χ0) is 16.0. The first kappa shape index (κ1) is 14.1. The molecule has 1 aromatic carbocycles. The molecule has 4 rings (SSSR count). The largest absolute Gasteiger partial charge is 0.329 e. The minimum atomic E-state index is -0.537. The molecule has 0 N–H and O–H groups in total. The SMILES string of the molecule is Cc1cc(F)ncc1N1CCN(c2ccc3ncsc3c2)C1=O. The molecule has 0 saturated carbocycles. The first-order valence-corrected chi connectivity index (χ1v) is 8.06. The van der Waals surface area contributed by atoms with E-state index in [-0.39, 0.29) is 6.03 Å². The predicted molar refractivity (Wildman–Crippen MR) is 88.6 cm³/mol. The van der Waals surface area contributed by atoms with Gasteiger partial charge in [-0.3, -0.25) is 9.80 Å². The number of carbonyl (C=O) groups excluding carboxylic acids is 1. The van der Waals surface area contributed by atoms with Gasteiger partial charge in [0.1, 0.15) is 0 Å². The fourth-order valence-electron chi connectivity index (χ4n) is 2.81. The van der Waals surface area contributed by atoms with Crippen LogP contribution in [0.25, 0.3) is 10.2 Å². The highest BCUT2D eigenvalue weighted by Gasteiger charge is 2.31. The first-order chi connectivity index (χ1) is 11.1. The number of thiazole rings is 1. The van der Waals surface area contributed by atoms with Gasteiger partial charge in [0.15, 0.2) is 0 Å². The van der Waals surface area contributed by atoms with E-state index in [1.165, 1.54) is 12.3 Å². The topological polar surface area (TPSA) is 49.3 Å². The van der Waals surface area contributed by atoms with Crippen molar-refractivity contribution >= 4 is 39.0 Å². The maximum atomic E-state index is 13.2. The minimum Gasteiger partial charge on any atom is -0.292 e. The van der Waals surface area contributed by atoms with E-state index in [9.17, 15) is 9.18 Å². The lowest BCUT2D eigenvalue weighted by Gasteiger charge is -2.20. The average molecular weight is 328 g/mol. The zero-order valence-corrected chi connectivity index (χ0v) is 13.2. The Morgan fingerprint density at radius 3 is 2.83 bits per heavy atom. The number of benzene rings is 1. The Bertz CT molecular complexity index is 910. The van der Waals surface area contributed by atoms with Crippen molar-refractivity contribution in [3.8, 4) is 0 Å². The molecule has 0 atom stereocenters. The number of fused-ring (bicyclic) bond motifs is 1. The molecule has 0 bridgehead atoms. The van der Waals surface area contributed by atoms with Crippen LogP contribution in [0.4, 0.5) is 20.6 Å². The number of halogens is 1. The summed E-state index contributed by atoms with van der Waals surface area (Å²) < 4.78 is 14.2. The average Bonchev–Trinajstić information content (AvgIpc) is 3.13. The van der Waals surface area contributed by atoms with E-state index in [0.29, 0.717) is 24.3 Å². The van der Waals surface area contributed by atoms with Crippen LogP contribution in [0.2, 0.25) is 0 Å². The number of urea groups is 1. The van der Waals surface area contributed by atoms with Crippen LogP contribution in [0.3, 0.4) is 0 Å². The van der Waals surface area contributed by atoms with Crippen LogP contribution in [0.1, 0.15) is 5.56 Å². The van der Waals surface area contributed by atoms with Gasteiger partial charge in [-0.15, -0.1) is 11.3 Å². The lowest BCUT2D eigenvalue weighted by atomic mass is 10.2. The van der Waals surface area contributed by atoms with Crippen molar-refractivity contribution in [1.29, 1.82) is 0 Å². The van der Waals surface area contributed by atoms with Gasteiger partial charge in [-0.1, -0.05) is 0 Å². The summed E-state index contributed by atoms with van der Waals surface area (Å²) in [6.07, 6.45) is 1.42. The number of anilines is 2. The number of pyridine rings is 1. The van der Waals surface area contributed by atoms with Crippen molar-refractivity contribution in [3.63, 3.8) is 0 Å². The van der Waals surface area contributed by atoms with Gasteiger partial charge in [0.25, 0.3) is 0 Å². The van der Waals surface area contributed by atoms with Gasteiger partial charge in [0, 0.05) is 18.8 Å². The Morgan fingerprint density at radius 2 is 2.00 bits per heavy atom. The molecule has 3 heterocycles. The second kappa shape index (κ2) is 5.27. The van der Waals surface area contributed by atoms with Gasteiger partial charge in [-0.05, 0) is 36.8 Å². The van der Waals surface area contributed by atoms with Crippen LogP contribution in [0.5, 0.6) is 0 Å². The predicted octanol–water partition coefficient (Wildman–Crippen LogP) is 3.59. The minimum absolute atomic E-state index is 0.120. The van der Waals surface area contributed by atoms with Crippen LogP contribution in [0.15, 0.2) is 36.0 Å². The van der Waals surface area contributed by atoms with Gasteiger partial charge in [0.2, 0.25) is 5.95 Å². The quantitative estimate of drug-likeness (QED) is 0.676. The molecule has 0 aliphatic carbocycles. The van der Waals surface area contributed by atoms with Gasteiger partial charge in [-0.25, -0.2) is 14.8 Å². The third kappa shape index (κ3) is 2.33. The molecular formula is C16H13FN4OS. The highest BCUT2D eigenvalue weighted by Crippen LogP contribution is 2.30. The molecule has 0 unspecified atom stereocenters. The molecule has 0 radical (unpaired) electrons. The number of amides is 2. The summed E-state index contributed by atoms with van der Waals surface area (Å²) in [6, 6.07) is 7.02. The lowest BCUT2D eigenvalue weighted by Crippen LogP contribution is -2.32. The number of aromatic nitrogens is 2. The second-order valence-electron chi connectivity index (χ2n) is 5.38. The summed E-state index contributed by atoms with van der Waals surface area (Å²) in [6.45, 7) is 2.91. The van der Waals surface area contributed by atoms with E-state index >= 15 is 0 Å². The molecule has 2 amide bonds. The summed E-state index contributed by atoms with van der Waals surface area (Å²) in [4.78, 5) is 24.0. The molecule has 23 heavy (non-hydrogen) atoms. The van der Waals surface area contributed by atoms with E-state index in [4.69, 9.17) is 0 Å². The summed E-state index contributed by atoms with van der Waals surface area (Å²) >= 11 is 1.55. The Kier molecular flexibility index (Phi) is 3.23. The van der Waals surface area contributed by atoms with Gasteiger partial charge in [0.05, 0.1) is 27.6 Å². The summed E-state index contributed by atoms with van der Waals surface area (Å²) in [7, 11) is 0. The Hall–Kier alpha value is -2.54. The number of hydrogen-bond donors (Lipinski definition) is 0. The zero-order valence-electron chi connectivity index (χ0n) is 12.4. The molecule has 1 saturated heterocycles. The molecule has 1 fully saturated rings. The molecule has 5 nitrogen and oxygen atoms in total. The Morgan fingerprint density at radius 1 is 1.17 bits per heavy atom. The van der Waals surface area contributed by atoms with Crippen molar-refractivity contribution < 1.29 is 9.18 Å². The smallest absolute Gasteiger partial charge is 0.292 e. The molecule has 3 aromatic rings. The number of rotatable bonds is 2. The molecular weight excluding hydrogens is 315 g/mol. The van der Waals surface area contributed by atoms with Crippen molar-refractivity contribution in [2.24, 2.45) is 0 Å². The second-order valence-corrected chi connectivity index (χ2v) is 6.27. The lowest BCUT2D eigenvalue weighted by molar-refractivity contribution is 0.256. The van der Waals surface area contributed by atoms with Crippen LogP contribution in [0, 0.1) is 12.9 Å².